The molecule has 0 spiro atoms. The van der Waals surface area contributed by atoms with Gasteiger partial charge in [0.05, 0.1) is 29.8 Å². The molecule has 1 amide bonds. The molecule has 1 N–H and O–H groups in total. The van der Waals surface area contributed by atoms with E-state index in [0.29, 0.717) is 23.2 Å². The van der Waals surface area contributed by atoms with Crippen LogP contribution in [0.3, 0.4) is 0 Å². The largest absolute Gasteiger partial charge is 0.494 e. The van der Waals surface area contributed by atoms with Crippen LogP contribution in [-0.4, -0.2) is 55.4 Å². The molecule has 2 atom stereocenters. The number of anilines is 2. The highest BCUT2D eigenvalue weighted by Crippen LogP contribution is 2.37. The average Bonchev–Trinajstić information content (AvgIpc) is 3.22. The predicted molar refractivity (Wildman–Crippen MR) is 121 cm³/mol. The number of para-hydroxylation sites is 1. The highest BCUT2D eigenvalue weighted by molar-refractivity contribution is 8.15. The summed E-state index contributed by atoms with van der Waals surface area (Å²) < 4.78 is 43.2. The van der Waals surface area contributed by atoms with E-state index in [-0.39, 0.29) is 35.0 Å². The van der Waals surface area contributed by atoms with Gasteiger partial charge in [0.25, 0.3) is 0 Å². The Balaban J connectivity index is 1.57. The van der Waals surface area contributed by atoms with Crippen molar-refractivity contribution in [1.29, 1.82) is 0 Å². The molecule has 164 valence electrons. The lowest BCUT2D eigenvalue weighted by Gasteiger charge is -2.24. The Morgan fingerprint density at radius 1 is 1.23 bits per heavy atom. The molecule has 2 aromatic carbocycles. The van der Waals surface area contributed by atoms with E-state index >= 15 is 0 Å². The van der Waals surface area contributed by atoms with E-state index in [9.17, 15) is 17.6 Å². The molecule has 2 aromatic rings. The summed E-state index contributed by atoms with van der Waals surface area (Å²) in [7, 11) is -3.08. The van der Waals surface area contributed by atoms with Gasteiger partial charge < -0.3 is 15.0 Å². The molecule has 2 aliphatic rings. The number of nitrogens with zero attached hydrogens (tertiary/aromatic N) is 2. The van der Waals surface area contributed by atoms with Crippen molar-refractivity contribution in [3.05, 3.63) is 54.3 Å². The number of halogens is 1. The van der Waals surface area contributed by atoms with E-state index in [1.165, 1.54) is 23.9 Å². The Morgan fingerprint density at radius 3 is 2.65 bits per heavy atom. The zero-order valence-electron chi connectivity index (χ0n) is 16.8. The fraction of sp³-hybridized carbons (Fsp3) is 0.333. The minimum absolute atomic E-state index is 0.0205. The molecule has 0 aromatic heterocycles. The number of hydrogen-bond donors (Lipinski definition) is 1. The second-order valence-corrected chi connectivity index (χ2v) is 10.6. The van der Waals surface area contributed by atoms with Gasteiger partial charge in [-0.05, 0) is 43.3 Å². The molecular weight excluding hydrogens is 441 g/mol. The van der Waals surface area contributed by atoms with Crippen molar-refractivity contribution in [1.82, 2.24) is 0 Å². The maximum Gasteiger partial charge on any atom is 0.244 e. The molecule has 1 saturated heterocycles. The van der Waals surface area contributed by atoms with Gasteiger partial charge in [-0.3, -0.25) is 9.79 Å². The van der Waals surface area contributed by atoms with Crippen LogP contribution in [0, 0.1) is 5.82 Å². The summed E-state index contributed by atoms with van der Waals surface area (Å²) in [6, 6.07) is 12.9. The van der Waals surface area contributed by atoms with Gasteiger partial charge in [-0.1, -0.05) is 23.9 Å². The van der Waals surface area contributed by atoms with Crippen LogP contribution in [-0.2, 0) is 14.6 Å². The number of aliphatic imine (C=N–C) groups is 1. The first kappa shape index (κ1) is 21.6. The van der Waals surface area contributed by atoms with E-state index in [0.717, 1.165) is 0 Å². The summed E-state index contributed by atoms with van der Waals surface area (Å²) in [6.07, 6.45) is 0. The smallest absolute Gasteiger partial charge is 0.244 e. The van der Waals surface area contributed by atoms with Crippen LogP contribution in [0.2, 0.25) is 0 Å². The van der Waals surface area contributed by atoms with Crippen LogP contribution in [0.5, 0.6) is 5.75 Å². The molecule has 0 bridgehead atoms. The third kappa shape index (κ3) is 5.01. The van der Waals surface area contributed by atoms with Crippen molar-refractivity contribution >= 4 is 44.0 Å². The van der Waals surface area contributed by atoms with Crippen molar-refractivity contribution < 1.29 is 22.3 Å². The van der Waals surface area contributed by atoms with Crippen LogP contribution in [0.15, 0.2) is 53.5 Å². The summed E-state index contributed by atoms with van der Waals surface area (Å²) in [5, 5.41) is 3.02. The minimum atomic E-state index is -3.08. The SMILES string of the molecule is CCOc1ccc(N(CC(=O)Nc2ccccc2F)C2=N[C@H]3CS(=O)(=O)C[C@@H]3S2)cc1. The van der Waals surface area contributed by atoms with Gasteiger partial charge in [0.15, 0.2) is 15.0 Å². The van der Waals surface area contributed by atoms with Gasteiger partial charge in [-0.15, -0.1) is 0 Å². The van der Waals surface area contributed by atoms with Crippen LogP contribution in [0.25, 0.3) is 0 Å². The monoisotopic (exact) mass is 463 g/mol. The number of amidine groups is 1. The summed E-state index contributed by atoms with van der Waals surface area (Å²) in [5.74, 6) is -0.130. The Labute approximate surface area is 184 Å². The number of carbonyl (C=O) groups is 1. The molecule has 0 unspecified atom stereocenters. The Morgan fingerprint density at radius 2 is 1.97 bits per heavy atom. The zero-order valence-corrected chi connectivity index (χ0v) is 18.5. The first-order valence-corrected chi connectivity index (χ1v) is 12.5. The van der Waals surface area contributed by atoms with E-state index in [1.54, 1.807) is 29.2 Å². The second kappa shape index (κ2) is 8.88. The standard InChI is InChI=1S/C21H22FN3O4S2/c1-2-29-15-9-7-14(8-10-15)25(11-20(26)23-17-6-4-3-5-16(17)22)21-24-18-12-31(27,28)13-19(18)30-21/h3-10,18-19H,2,11-13H2,1H3,(H,23,26)/t18-,19-/m0/s1. The molecule has 0 aliphatic carbocycles. The number of thioether (sulfide) groups is 1. The van der Waals surface area contributed by atoms with Crippen molar-refractivity contribution in [2.24, 2.45) is 4.99 Å². The molecule has 2 aliphatic heterocycles. The summed E-state index contributed by atoms with van der Waals surface area (Å²) in [5.41, 5.74) is 0.810. The quantitative estimate of drug-likeness (QED) is 0.709. The topological polar surface area (TPSA) is 88.1 Å². The van der Waals surface area contributed by atoms with E-state index in [4.69, 9.17) is 4.74 Å². The van der Waals surface area contributed by atoms with Gasteiger partial charge in [0.2, 0.25) is 5.91 Å². The van der Waals surface area contributed by atoms with E-state index in [2.05, 4.69) is 10.3 Å². The first-order valence-electron chi connectivity index (χ1n) is 9.84. The molecular formula is C21H22FN3O4S2. The predicted octanol–water partition coefficient (Wildman–Crippen LogP) is 2.94. The maximum absolute atomic E-state index is 13.9. The maximum atomic E-state index is 13.9. The molecule has 7 nitrogen and oxygen atoms in total. The Kier molecular flexibility index (Phi) is 6.19. The normalized spacial score (nSPS) is 21.3. The number of carbonyl (C=O) groups excluding carboxylic acids is 1. The molecule has 0 radical (unpaired) electrons. The fourth-order valence-corrected chi connectivity index (χ4v) is 7.31. The highest BCUT2D eigenvalue weighted by atomic mass is 32.2. The van der Waals surface area contributed by atoms with Gasteiger partial charge in [0.1, 0.15) is 18.1 Å². The number of nitrogens with one attached hydrogen (secondary N) is 1. The molecule has 2 heterocycles. The van der Waals surface area contributed by atoms with Crippen LogP contribution >= 0.6 is 11.8 Å². The van der Waals surface area contributed by atoms with Gasteiger partial charge >= 0.3 is 0 Å². The summed E-state index contributed by atoms with van der Waals surface area (Å²) >= 11 is 1.36. The lowest BCUT2D eigenvalue weighted by atomic mass is 10.2. The lowest BCUT2D eigenvalue weighted by Crippen LogP contribution is -2.36. The van der Waals surface area contributed by atoms with Crippen molar-refractivity contribution in [3.8, 4) is 5.75 Å². The number of fused-ring (bicyclic) bond motifs is 1. The highest BCUT2D eigenvalue weighted by Gasteiger charge is 2.44. The van der Waals surface area contributed by atoms with Gasteiger partial charge in [-0.25, -0.2) is 12.8 Å². The van der Waals surface area contributed by atoms with Crippen molar-refractivity contribution in [2.75, 3.05) is 34.9 Å². The van der Waals surface area contributed by atoms with Gasteiger partial charge in [0, 0.05) is 10.9 Å². The van der Waals surface area contributed by atoms with E-state index in [1.807, 2.05) is 19.1 Å². The molecule has 0 saturated carbocycles. The molecule has 10 heteroatoms. The first-order chi connectivity index (χ1) is 14.8. The number of amides is 1. The van der Waals surface area contributed by atoms with Crippen LogP contribution in [0.4, 0.5) is 15.8 Å². The number of hydrogen-bond acceptors (Lipinski definition) is 7. The van der Waals surface area contributed by atoms with Crippen LogP contribution in [0.1, 0.15) is 6.92 Å². The summed E-state index contributed by atoms with van der Waals surface area (Å²) in [6.45, 7) is 2.33. The minimum Gasteiger partial charge on any atom is -0.494 e. The molecule has 1 fully saturated rings. The number of benzene rings is 2. The van der Waals surface area contributed by atoms with E-state index < -0.39 is 21.6 Å². The summed E-state index contributed by atoms with van der Waals surface area (Å²) in [4.78, 5) is 19.0. The number of rotatable bonds is 6. The molecule has 31 heavy (non-hydrogen) atoms. The molecule has 4 rings (SSSR count). The van der Waals surface area contributed by atoms with Crippen molar-refractivity contribution in [3.63, 3.8) is 0 Å². The average molecular weight is 464 g/mol. The second-order valence-electron chi connectivity index (χ2n) is 7.25. The Hall–Kier alpha value is -2.59. The number of sulfone groups is 1. The fourth-order valence-electron chi connectivity index (χ4n) is 3.53. The zero-order chi connectivity index (χ0) is 22.0. The van der Waals surface area contributed by atoms with Crippen molar-refractivity contribution in [2.45, 2.75) is 18.2 Å². The van der Waals surface area contributed by atoms with Crippen LogP contribution < -0.4 is 15.0 Å². The third-order valence-electron chi connectivity index (χ3n) is 4.95. The Bertz CT molecular complexity index is 1110. The van der Waals surface area contributed by atoms with Gasteiger partial charge in [-0.2, -0.15) is 0 Å². The number of ether oxygens (including phenoxy) is 1. The lowest BCUT2D eigenvalue weighted by molar-refractivity contribution is -0.114. The third-order valence-corrected chi connectivity index (χ3v) is 8.19.